The number of anilines is 2. The SMILES string of the molecule is CC(=O)N(C)CCCNc1cc(N)nc2c(C)c(-c3ccn[nH]3)sc12. The van der Waals surface area contributed by atoms with E-state index in [-0.39, 0.29) is 5.91 Å². The Morgan fingerprint density at radius 1 is 1.48 bits per heavy atom. The molecule has 3 heterocycles. The van der Waals surface area contributed by atoms with E-state index in [1.807, 2.05) is 26.1 Å². The molecule has 0 bridgehead atoms. The number of rotatable bonds is 6. The highest BCUT2D eigenvalue weighted by molar-refractivity contribution is 7.23. The van der Waals surface area contributed by atoms with Gasteiger partial charge in [-0.05, 0) is 25.0 Å². The highest BCUT2D eigenvalue weighted by Crippen LogP contribution is 2.40. The first-order valence-corrected chi connectivity index (χ1v) is 8.94. The fourth-order valence-corrected chi connectivity index (χ4v) is 3.88. The molecular formula is C17H22N6OS. The fraction of sp³-hybridized carbons (Fsp3) is 0.353. The van der Waals surface area contributed by atoms with Crippen LogP contribution in [-0.4, -0.2) is 46.1 Å². The normalized spacial score (nSPS) is 11.0. The van der Waals surface area contributed by atoms with Gasteiger partial charge < -0.3 is 16.0 Å². The second-order valence-corrected chi connectivity index (χ2v) is 7.04. The number of nitrogens with one attached hydrogen (secondary N) is 2. The summed E-state index contributed by atoms with van der Waals surface area (Å²) in [6.07, 6.45) is 2.60. The number of hydrogen-bond donors (Lipinski definition) is 3. The van der Waals surface area contributed by atoms with E-state index in [0.29, 0.717) is 5.82 Å². The lowest BCUT2D eigenvalue weighted by molar-refractivity contribution is -0.127. The van der Waals surface area contributed by atoms with Crippen LogP contribution in [0, 0.1) is 6.92 Å². The number of thiophene rings is 1. The maximum absolute atomic E-state index is 11.3. The summed E-state index contributed by atoms with van der Waals surface area (Å²) in [4.78, 5) is 18.6. The van der Waals surface area contributed by atoms with Crippen molar-refractivity contribution >= 4 is 39.0 Å². The summed E-state index contributed by atoms with van der Waals surface area (Å²) >= 11 is 1.67. The van der Waals surface area contributed by atoms with Crippen LogP contribution in [0.5, 0.6) is 0 Å². The van der Waals surface area contributed by atoms with E-state index in [1.54, 1.807) is 29.4 Å². The number of hydrogen-bond acceptors (Lipinski definition) is 6. The Balaban J connectivity index is 1.83. The minimum atomic E-state index is 0.0774. The van der Waals surface area contributed by atoms with Gasteiger partial charge in [0.25, 0.3) is 0 Å². The zero-order valence-electron chi connectivity index (χ0n) is 14.6. The third-order valence-electron chi connectivity index (χ3n) is 4.16. The Labute approximate surface area is 150 Å². The third-order valence-corrected chi connectivity index (χ3v) is 5.51. The van der Waals surface area contributed by atoms with Crippen LogP contribution in [0.4, 0.5) is 11.5 Å². The first-order valence-electron chi connectivity index (χ1n) is 8.12. The molecule has 0 aliphatic carbocycles. The average Bonchev–Trinajstić information content (AvgIpc) is 3.20. The van der Waals surface area contributed by atoms with E-state index in [4.69, 9.17) is 5.73 Å². The Kier molecular flexibility index (Phi) is 4.89. The first kappa shape index (κ1) is 17.2. The minimum absolute atomic E-state index is 0.0774. The summed E-state index contributed by atoms with van der Waals surface area (Å²) in [7, 11) is 1.81. The quantitative estimate of drug-likeness (QED) is 0.588. The van der Waals surface area contributed by atoms with Crippen LogP contribution < -0.4 is 11.1 Å². The van der Waals surface area contributed by atoms with Crippen LogP contribution in [0.1, 0.15) is 18.9 Å². The molecule has 0 radical (unpaired) electrons. The second-order valence-electron chi connectivity index (χ2n) is 6.02. The van der Waals surface area contributed by atoms with Crippen LogP contribution in [0.2, 0.25) is 0 Å². The lowest BCUT2D eigenvalue weighted by Gasteiger charge is -2.15. The number of nitrogens with zero attached hydrogens (tertiary/aromatic N) is 3. The monoisotopic (exact) mass is 358 g/mol. The lowest BCUT2D eigenvalue weighted by atomic mass is 10.2. The maximum Gasteiger partial charge on any atom is 0.219 e. The summed E-state index contributed by atoms with van der Waals surface area (Å²) in [6.45, 7) is 5.10. The molecule has 3 rings (SSSR count). The lowest BCUT2D eigenvalue weighted by Crippen LogP contribution is -2.26. The third kappa shape index (κ3) is 3.58. The average molecular weight is 358 g/mol. The molecule has 1 amide bonds. The van der Waals surface area contributed by atoms with Crippen molar-refractivity contribution in [3.63, 3.8) is 0 Å². The molecule has 0 aliphatic rings. The van der Waals surface area contributed by atoms with E-state index in [2.05, 4.69) is 20.5 Å². The van der Waals surface area contributed by atoms with E-state index < -0.39 is 0 Å². The number of aromatic nitrogens is 3. The number of nitrogens with two attached hydrogens (primary N) is 1. The molecule has 7 nitrogen and oxygen atoms in total. The zero-order valence-corrected chi connectivity index (χ0v) is 15.4. The van der Waals surface area contributed by atoms with Crippen LogP contribution in [0.3, 0.4) is 0 Å². The van der Waals surface area contributed by atoms with Gasteiger partial charge in [-0.3, -0.25) is 9.89 Å². The molecule has 3 aromatic heterocycles. The standard InChI is InChI=1S/C17H22N6OS/c1-10-15-17(25-16(10)12-5-7-20-22-12)13(9-14(18)21-15)19-6-4-8-23(3)11(2)24/h5,7,9H,4,6,8H2,1-3H3,(H,20,22)(H3,18,19,21). The topological polar surface area (TPSA) is 99.9 Å². The van der Waals surface area contributed by atoms with Gasteiger partial charge in [-0.2, -0.15) is 5.10 Å². The summed E-state index contributed by atoms with van der Waals surface area (Å²) < 4.78 is 1.08. The van der Waals surface area contributed by atoms with Crippen molar-refractivity contribution in [2.45, 2.75) is 20.3 Å². The molecule has 0 unspecified atom stereocenters. The zero-order chi connectivity index (χ0) is 18.0. The Morgan fingerprint density at radius 3 is 2.96 bits per heavy atom. The molecule has 0 atom stereocenters. The molecule has 0 aromatic carbocycles. The van der Waals surface area contributed by atoms with Crippen molar-refractivity contribution in [3.05, 3.63) is 23.9 Å². The number of H-pyrrole nitrogens is 1. The maximum atomic E-state index is 11.3. The number of pyridine rings is 1. The highest BCUT2D eigenvalue weighted by Gasteiger charge is 2.16. The molecule has 0 fully saturated rings. The van der Waals surface area contributed by atoms with Gasteiger partial charge in [0.1, 0.15) is 5.82 Å². The van der Waals surface area contributed by atoms with Crippen LogP contribution >= 0.6 is 11.3 Å². The first-order chi connectivity index (χ1) is 12.0. The molecule has 8 heteroatoms. The number of nitrogen functional groups attached to an aromatic ring is 1. The van der Waals surface area contributed by atoms with E-state index >= 15 is 0 Å². The van der Waals surface area contributed by atoms with E-state index in [0.717, 1.165) is 51.5 Å². The van der Waals surface area contributed by atoms with Crippen LogP contribution in [-0.2, 0) is 4.79 Å². The smallest absolute Gasteiger partial charge is 0.219 e. The van der Waals surface area contributed by atoms with E-state index in [9.17, 15) is 4.79 Å². The van der Waals surface area contributed by atoms with Crippen LogP contribution in [0.15, 0.2) is 18.3 Å². The molecule has 25 heavy (non-hydrogen) atoms. The van der Waals surface area contributed by atoms with Gasteiger partial charge in [-0.15, -0.1) is 11.3 Å². The van der Waals surface area contributed by atoms with Gasteiger partial charge in [0.05, 0.1) is 26.5 Å². The number of fused-ring (bicyclic) bond motifs is 1. The van der Waals surface area contributed by atoms with Crippen molar-refractivity contribution in [1.82, 2.24) is 20.1 Å². The van der Waals surface area contributed by atoms with Gasteiger partial charge in [0.15, 0.2) is 0 Å². The number of carbonyl (C=O) groups excluding carboxylic acids is 1. The molecule has 132 valence electrons. The molecule has 0 aliphatic heterocycles. The Morgan fingerprint density at radius 2 is 2.28 bits per heavy atom. The number of carbonyl (C=O) groups is 1. The number of aromatic amines is 1. The summed E-state index contributed by atoms with van der Waals surface area (Å²) in [5.74, 6) is 0.571. The predicted octanol–water partition coefficient (Wildman–Crippen LogP) is 2.86. The number of aryl methyl sites for hydroxylation is 1. The van der Waals surface area contributed by atoms with Crippen LogP contribution in [0.25, 0.3) is 20.8 Å². The highest BCUT2D eigenvalue weighted by atomic mass is 32.1. The molecule has 3 aromatic rings. The van der Waals surface area contributed by atoms with Crippen molar-refractivity contribution < 1.29 is 4.79 Å². The van der Waals surface area contributed by atoms with Crippen molar-refractivity contribution in [2.24, 2.45) is 0 Å². The summed E-state index contributed by atoms with van der Waals surface area (Å²) in [5.41, 5.74) is 9.96. The molecule has 0 saturated carbocycles. The van der Waals surface area contributed by atoms with Gasteiger partial charge in [-0.1, -0.05) is 0 Å². The molecular weight excluding hydrogens is 336 g/mol. The number of amides is 1. The van der Waals surface area contributed by atoms with Crippen molar-refractivity contribution in [2.75, 3.05) is 31.2 Å². The van der Waals surface area contributed by atoms with Gasteiger partial charge in [0, 0.05) is 39.3 Å². The van der Waals surface area contributed by atoms with Gasteiger partial charge >= 0.3 is 0 Å². The molecule has 4 N–H and O–H groups in total. The minimum Gasteiger partial charge on any atom is -0.384 e. The summed E-state index contributed by atoms with van der Waals surface area (Å²) in [6, 6.07) is 3.81. The Hall–Kier alpha value is -2.61. The second kappa shape index (κ2) is 7.10. The fourth-order valence-electron chi connectivity index (χ4n) is 2.66. The molecule has 0 saturated heterocycles. The molecule has 0 spiro atoms. The van der Waals surface area contributed by atoms with E-state index in [1.165, 1.54) is 0 Å². The predicted molar refractivity (Wildman–Crippen MR) is 103 cm³/mol. The Bertz CT molecular complexity index is 886. The summed E-state index contributed by atoms with van der Waals surface area (Å²) in [5, 5.41) is 10.5. The van der Waals surface area contributed by atoms with Crippen molar-refractivity contribution in [3.8, 4) is 10.6 Å². The largest absolute Gasteiger partial charge is 0.384 e. The van der Waals surface area contributed by atoms with Gasteiger partial charge in [-0.25, -0.2) is 4.98 Å². The van der Waals surface area contributed by atoms with Crippen molar-refractivity contribution in [1.29, 1.82) is 0 Å². The van der Waals surface area contributed by atoms with Gasteiger partial charge in [0.2, 0.25) is 5.91 Å².